The van der Waals surface area contributed by atoms with Crippen molar-refractivity contribution in [1.82, 2.24) is 0 Å². The van der Waals surface area contributed by atoms with Crippen molar-refractivity contribution in [3.8, 4) is 0 Å². The van der Waals surface area contributed by atoms with E-state index in [9.17, 15) is 14.4 Å². The summed E-state index contributed by atoms with van der Waals surface area (Å²) < 4.78 is 16.9. The first-order valence-electron chi connectivity index (χ1n) is 28.2. The summed E-state index contributed by atoms with van der Waals surface area (Å²) >= 11 is 0. The van der Waals surface area contributed by atoms with Gasteiger partial charge < -0.3 is 14.2 Å². The molecular formula is C57H110O6. The Morgan fingerprint density at radius 1 is 0.302 bits per heavy atom. The van der Waals surface area contributed by atoms with Gasteiger partial charge >= 0.3 is 17.9 Å². The van der Waals surface area contributed by atoms with Crippen LogP contribution in [0.3, 0.4) is 0 Å². The highest BCUT2D eigenvalue weighted by molar-refractivity contribution is 5.71. The second-order valence-corrected chi connectivity index (χ2v) is 20.5. The van der Waals surface area contributed by atoms with Gasteiger partial charge in [-0.3, -0.25) is 14.4 Å². The molecule has 0 fully saturated rings. The van der Waals surface area contributed by atoms with Crippen molar-refractivity contribution in [3.05, 3.63) is 0 Å². The van der Waals surface area contributed by atoms with Gasteiger partial charge in [-0.1, -0.05) is 279 Å². The van der Waals surface area contributed by atoms with E-state index in [1.165, 1.54) is 205 Å². The third-order valence-electron chi connectivity index (χ3n) is 13.0. The Bertz CT molecular complexity index is 962. The molecule has 6 nitrogen and oxygen atoms in total. The first-order valence-corrected chi connectivity index (χ1v) is 28.2. The summed E-state index contributed by atoms with van der Waals surface area (Å²) in [5.74, 6) is 0.820. The van der Waals surface area contributed by atoms with E-state index >= 15 is 0 Å². The second kappa shape index (κ2) is 49.8. The van der Waals surface area contributed by atoms with E-state index < -0.39 is 6.10 Å². The number of unbranched alkanes of at least 4 members (excludes halogenated alkanes) is 36. The summed E-state index contributed by atoms with van der Waals surface area (Å²) in [5, 5.41) is 0. The summed E-state index contributed by atoms with van der Waals surface area (Å²) in [6, 6.07) is 0. The summed E-state index contributed by atoms with van der Waals surface area (Å²) in [4.78, 5) is 38.1. The highest BCUT2D eigenvalue weighted by Gasteiger charge is 2.19. The van der Waals surface area contributed by atoms with Gasteiger partial charge in [-0.25, -0.2) is 0 Å². The molecule has 0 saturated carbocycles. The van der Waals surface area contributed by atoms with Crippen molar-refractivity contribution in [3.63, 3.8) is 0 Å². The largest absolute Gasteiger partial charge is 0.462 e. The fourth-order valence-electron chi connectivity index (χ4n) is 8.70. The number of esters is 3. The molecule has 0 aliphatic carbocycles. The minimum absolute atomic E-state index is 0.0630. The molecular weight excluding hydrogens is 781 g/mol. The predicted molar refractivity (Wildman–Crippen MR) is 270 cm³/mol. The Kier molecular flexibility index (Phi) is 48.6. The topological polar surface area (TPSA) is 78.9 Å². The van der Waals surface area contributed by atoms with Gasteiger partial charge in [0, 0.05) is 19.3 Å². The fraction of sp³-hybridized carbons (Fsp3) is 0.947. The monoisotopic (exact) mass is 891 g/mol. The number of carbonyl (C=O) groups excluding carboxylic acids is 3. The first kappa shape index (κ1) is 61.4. The van der Waals surface area contributed by atoms with Gasteiger partial charge in [0.05, 0.1) is 0 Å². The van der Waals surface area contributed by atoms with Crippen LogP contribution in [0.2, 0.25) is 0 Å². The Hall–Kier alpha value is -1.59. The van der Waals surface area contributed by atoms with Gasteiger partial charge in [0.25, 0.3) is 0 Å². The molecule has 0 heterocycles. The van der Waals surface area contributed by atoms with Crippen molar-refractivity contribution in [2.24, 2.45) is 11.8 Å². The van der Waals surface area contributed by atoms with Gasteiger partial charge in [-0.2, -0.15) is 0 Å². The maximum atomic E-state index is 12.8. The molecule has 0 aromatic rings. The zero-order valence-electron chi connectivity index (χ0n) is 43.2. The minimum Gasteiger partial charge on any atom is -0.462 e. The van der Waals surface area contributed by atoms with Crippen molar-refractivity contribution in [1.29, 1.82) is 0 Å². The molecule has 0 saturated heterocycles. The van der Waals surface area contributed by atoms with Crippen LogP contribution in [0.15, 0.2) is 0 Å². The third kappa shape index (κ3) is 51.3. The maximum Gasteiger partial charge on any atom is 0.306 e. The molecule has 0 radical (unpaired) electrons. The highest BCUT2D eigenvalue weighted by Crippen LogP contribution is 2.18. The van der Waals surface area contributed by atoms with E-state index in [1.54, 1.807) is 0 Å². The number of carbonyl (C=O) groups is 3. The lowest BCUT2D eigenvalue weighted by Crippen LogP contribution is -2.30. The van der Waals surface area contributed by atoms with Crippen LogP contribution in [-0.4, -0.2) is 37.2 Å². The Morgan fingerprint density at radius 3 is 0.778 bits per heavy atom. The van der Waals surface area contributed by atoms with Crippen LogP contribution in [0.5, 0.6) is 0 Å². The summed E-state index contributed by atoms with van der Waals surface area (Å²) in [5.41, 5.74) is 0. The lowest BCUT2D eigenvalue weighted by molar-refractivity contribution is -0.167. The van der Waals surface area contributed by atoms with Crippen LogP contribution < -0.4 is 0 Å². The van der Waals surface area contributed by atoms with Gasteiger partial charge in [0.1, 0.15) is 13.2 Å². The van der Waals surface area contributed by atoms with E-state index in [-0.39, 0.29) is 31.1 Å². The average molecular weight is 892 g/mol. The number of hydrogen-bond donors (Lipinski definition) is 0. The van der Waals surface area contributed by atoms with Crippen molar-refractivity contribution in [2.75, 3.05) is 13.2 Å². The van der Waals surface area contributed by atoms with E-state index in [0.717, 1.165) is 69.6 Å². The van der Waals surface area contributed by atoms with Crippen molar-refractivity contribution in [2.45, 2.75) is 323 Å². The van der Waals surface area contributed by atoms with Gasteiger partial charge in [0.15, 0.2) is 6.10 Å². The van der Waals surface area contributed by atoms with Crippen molar-refractivity contribution < 1.29 is 28.6 Å². The Morgan fingerprint density at radius 2 is 0.524 bits per heavy atom. The SMILES string of the molecule is CCCCCCCCCCCCCCCCCCC(=O)O[C@H](COC(=O)CCCCCCCCCCCCCCC(C)C)COC(=O)CCCCCCCCCCCCCC(C)C. The second-order valence-electron chi connectivity index (χ2n) is 20.5. The zero-order chi connectivity index (χ0) is 46.1. The van der Waals surface area contributed by atoms with Crippen LogP contribution in [0.25, 0.3) is 0 Å². The molecule has 0 N–H and O–H groups in total. The van der Waals surface area contributed by atoms with Crippen LogP contribution in [0.4, 0.5) is 0 Å². The summed E-state index contributed by atoms with van der Waals surface area (Å²) in [6.45, 7) is 11.4. The molecule has 0 aliphatic heterocycles. The molecule has 0 unspecified atom stereocenters. The van der Waals surface area contributed by atoms with E-state index in [0.29, 0.717) is 19.3 Å². The number of ether oxygens (including phenoxy) is 3. The predicted octanol–water partition coefficient (Wildman–Crippen LogP) is 18.5. The molecule has 0 aromatic heterocycles. The normalized spacial score (nSPS) is 12.0. The van der Waals surface area contributed by atoms with Gasteiger partial charge in [-0.05, 0) is 31.1 Å². The Balaban J connectivity index is 4.31. The molecule has 0 rings (SSSR count). The average Bonchev–Trinajstić information content (AvgIpc) is 3.25. The lowest BCUT2D eigenvalue weighted by Gasteiger charge is -2.18. The van der Waals surface area contributed by atoms with Crippen LogP contribution >= 0.6 is 0 Å². The molecule has 0 aromatic carbocycles. The molecule has 0 spiro atoms. The molecule has 0 bridgehead atoms. The molecule has 63 heavy (non-hydrogen) atoms. The quantitative estimate of drug-likeness (QED) is 0.0344. The van der Waals surface area contributed by atoms with Gasteiger partial charge in [0.2, 0.25) is 0 Å². The van der Waals surface area contributed by atoms with Crippen LogP contribution in [0.1, 0.15) is 317 Å². The van der Waals surface area contributed by atoms with E-state index in [1.807, 2.05) is 0 Å². The van der Waals surface area contributed by atoms with Crippen molar-refractivity contribution >= 4 is 17.9 Å². The molecule has 0 aliphatic rings. The summed E-state index contributed by atoms with van der Waals surface area (Å²) in [6.07, 6.45) is 52.3. The molecule has 1 atom stereocenters. The Labute approximate surface area is 393 Å². The standard InChI is InChI=1S/C57H110O6/c1-6-7-8-9-10-11-12-13-14-15-16-23-29-34-39-44-49-57(60)63-54(51-62-56(59)48-43-38-33-28-24-19-21-26-31-36-41-46-53(4)5)50-61-55(58)47-42-37-32-27-22-18-17-20-25-30-35-40-45-52(2)3/h52-54H,6-51H2,1-5H3/t54-/m1/s1. The molecule has 0 amide bonds. The number of hydrogen-bond acceptors (Lipinski definition) is 6. The minimum atomic E-state index is -0.762. The van der Waals surface area contributed by atoms with Gasteiger partial charge in [-0.15, -0.1) is 0 Å². The van der Waals surface area contributed by atoms with E-state index in [4.69, 9.17) is 14.2 Å². The fourth-order valence-corrected chi connectivity index (χ4v) is 8.70. The third-order valence-corrected chi connectivity index (χ3v) is 13.0. The van der Waals surface area contributed by atoms with E-state index in [2.05, 4.69) is 34.6 Å². The molecule has 6 heteroatoms. The van der Waals surface area contributed by atoms with Crippen LogP contribution in [0, 0.1) is 11.8 Å². The first-order chi connectivity index (χ1) is 30.7. The highest BCUT2D eigenvalue weighted by atomic mass is 16.6. The zero-order valence-corrected chi connectivity index (χ0v) is 43.2. The number of rotatable bonds is 51. The summed E-state index contributed by atoms with van der Waals surface area (Å²) in [7, 11) is 0. The maximum absolute atomic E-state index is 12.8. The lowest BCUT2D eigenvalue weighted by atomic mass is 10.0. The molecule has 374 valence electrons. The van der Waals surface area contributed by atoms with Crippen LogP contribution in [-0.2, 0) is 28.6 Å². The smallest absolute Gasteiger partial charge is 0.306 e.